The maximum absolute atomic E-state index is 14.1. The van der Waals surface area contributed by atoms with Crippen LogP contribution < -0.4 is 4.90 Å². The van der Waals surface area contributed by atoms with E-state index in [4.69, 9.17) is 16.3 Å². The number of rotatable bonds is 5. The van der Waals surface area contributed by atoms with Gasteiger partial charge in [0.25, 0.3) is 0 Å². The van der Waals surface area contributed by atoms with Crippen LogP contribution in [0.5, 0.6) is 0 Å². The number of aliphatic hydroxyl groups excluding tert-OH is 2. The lowest BCUT2D eigenvalue weighted by Gasteiger charge is -2.37. The first-order valence-corrected chi connectivity index (χ1v) is 13.4. The predicted octanol–water partition coefficient (Wildman–Crippen LogP) is 5.05. The van der Waals surface area contributed by atoms with Crippen LogP contribution in [0.15, 0.2) is 60.0 Å². The zero-order valence-corrected chi connectivity index (χ0v) is 22.6. The summed E-state index contributed by atoms with van der Waals surface area (Å²) >= 11 is 7.59. The summed E-state index contributed by atoms with van der Waals surface area (Å²) in [6, 6.07) is 16.6. The number of aliphatic hydroxyl groups is 2. The Bertz CT molecular complexity index is 1240. The van der Waals surface area contributed by atoms with Crippen molar-refractivity contribution in [3.63, 3.8) is 0 Å². The maximum Gasteiger partial charge on any atom is 0.307 e. The van der Waals surface area contributed by atoms with Gasteiger partial charge in [0.05, 0.1) is 36.8 Å². The van der Waals surface area contributed by atoms with Gasteiger partial charge in [-0.2, -0.15) is 0 Å². The van der Waals surface area contributed by atoms with E-state index in [1.54, 1.807) is 32.2 Å². The lowest BCUT2D eigenvalue weighted by molar-refractivity contribution is -0.157. The monoisotopic (exact) mass is 542 g/mol. The molecule has 0 bridgehead atoms. The molecule has 0 radical (unpaired) electrons. The molecule has 1 saturated heterocycles. The summed E-state index contributed by atoms with van der Waals surface area (Å²) in [7, 11) is 0. The average Bonchev–Trinajstić information content (AvgIpc) is 3.32. The van der Waals surface area contributed by atoms with Crippen LogP contribution >= 0.6 is 22.9 Å². The van der Waals surface area contributed by atoms with E-state index < -0.39 is 35.6 Å². The van der Waals surface area contributed by atoms with Gasteiger partial charge in [0.15, 0.2) is 5.13 Å². The summed E-state index contributed by atoms with van der Waals surface area (Å²) in [5.41, 5.74) is 1.41. The minimum absolute atomic E-state index is 0.126. The normalized spacial score (nSPS) is 22.9. The second-order valence-electron chi connectivity index (χ2n) is 10.2. The number of anilines is 1. The summed E-state index contributed by atoms with van der Waals surface area (Å²) in [5.74, 6) is -2.20. The molecule has 7 nitrogen and oxygen atoms in total. The number of aromatic nitrogens is 1. The molecule has 1 amide bonds. The lowest BCUT2D eigenvalue weighted by atomic mass is 9.77. The van der Waals surface area contributed by atoms with E-state index in [9.17, 15) is 19.8 Å². The number of nitrogens with zero attached hydrogens (tertiary/aromatic N) is 2. The SMILES string of the molecule is CC(C)(C)OC(=O)C[C@@H]1C(=O)N(c2nc(-c3ccccc3Cl)cs2)C[C@@H](O)[C@@H](O)C[C@@H]1c1ccccc1. The van der Waals surface area contributed by atoms with Gasteiger partial charge in [-0.1, -0.05) is 60.1 Å². The Labute approximate surface area is 225 Å². The Hall–Kier alpha value is -2.78. The Balaban J connectivity index is 1.74. The molecule has 1 fully saturated rings. The summed E-state index contributed by atoms with van der Waals surface area (Å²) < 4.78 is 5.56. The maximum atomic E-state index is 14.1. The highest BCUT2D eigenvalue weighted by atomic mass is 35.5. The number of thiazole rings is 1. The number of benzene rings is 2. The van der Waals surface area contributed by atoms with Gasteiger partial charge < -0.3 is 14.9 Å². The van der Waals surface area contributed by atoms with Crippen molar-refractivity contribution in [1.29, 1.82) is 0 Å². The molecule has 4 atom stereocenters. The summed E-state index contributed by atoms with van der Waals surface area (Å²) in [6.07, 6.45) is -2.34. The molecular weight excluding hydrogens is 512 g/mol. The number of amides is 1. The van der Waals surface area contributed by atoms with Crippen LogP contribution in [0.4, 0.5) is 5.13 Å². The van der Waals surface area contributed by atoms with E-state index in [0.717, 1.165) is 11.1 Å². The van der Waals surface area contributed by atoms with E-state index in [2.05, 4.69) is 4.98 Å². The number of esters is 1. The van der Waals surface area contributed by atoms with Gasteiger partial charge in [0.1, 0.15) is 5.60 Å². The Morgan fingerprint density at radius 2 is 1.78 bits per heavy atom. The standard InChI is InChI=1S/C28H31ClN2O5S/c1-28(2,3)36-25(34)14-20-19(17-9-5-4-6-10-17)13-23(32)24(33)15-31(26(20)35)27-30-22(16-37-27)18-11-7-8-12-21(18)29/h4-12,16,19-20,23-24,32-33H,13-15H2,1-3H3/t19-,20+,23+,24-/m1/s1. The van der Waals surface area contributed by atoms with Gasteiger partial charge in [-0.15, -0.1) is 11.3 Å². The second kappa shape index (κ2) is 11.3. The number of hydrogen-bond acceptors (Lipinski definition) is 7. The molecule has 196 valence electrons. The smallest absolute Gasteiger partial charge is 0.307 e. The van der Waals surface area contributed by atoms with Crippen molar-refractivity contribution in [2.45, 2.75) is 57.3 Å². The van der Waals surface area contributed by atoms with Crippen molar-refractivity contribution in [2.75, 3.05) is 11.4 Å². The third-order valence-electron chi connectivity index (χ3n) is 6.29. The zero-order chi connectivity index (χ0) is 26.7. The molecule has 0 aliphatic carbocycles. The van der Waals surface area contributed by atoms with Crippen LogP contribution in [0.2, 0.25) is 5.02 Å². The molecule has 0 spiro atoms. The van der Waals surface area contributed by atoms with Crippen LogP contribution in [-0.4, -0.2) is 51.4 Å². The predicted molar refractivity (Wildman–Crippen MR) is 145 cm³/mol. The molecule has 2 heterocycles. The first kappa shape index (κ1) is 27.3. The Kier molecular flexibility index (Phi) is 8.33. The fraction of sp³-hybridized carbons (Fsp3) is 0.393. The quantitative estimate of drug-likeness (QED) is 0.437. The molecule has 9 heteroatoms. The summed E-state index contributed by atoms with van der Waals surface area (Å²) in [6.45, 7) is 5.18. The zero-order valence-electron chi connectivity index (χ0n) is 21.0. The minimum Gasteiger partial charge on any atom is -0.460 e. The average molecular weight is 543 g/mol. The van der Waals surface area contributed by atoms with E-state index in [1.165, 1.54) is 16.2 Å². The van der Waals surface area contributed by atoms with Crippen molar-refractivity contribution in [3.8, 4) is 11.3 Å². The molecule has 1 aromatic heterocycles. The second-order valence-corrected chi connectivity index (χ2v) is 11.5. The molecule has 0 unspecified atom stereocenters. The molecule has 1 aliphatic heterocycles. The Morgan fingerprint density at radius 3 is 2.46 bits per heavy atom. The number of ether oxygens (including phenoxy) is 1. The first-order chi connectivity index (χ1) is 17.5. The van der Waals surface area contributed by atoms with Gasteiger partial charge >= 0.3 is 5.97 Å². The highest BCUT2D eigenvalue weighted by molar-refractivity contribution is 7.14. The van der Waals surface area contributed by atoms with E-state index >= 15 is 0 Å². The van der Waals surface area contributed by atoms with E-state index in [-0.39, 0.29) is 25.3 Å². The summed E-state index contributed by atoms with van der Waals surface area (Å²) in [5, 5.41) is 24.4. The van der Waals surface area contributed by atoms with Gasteiger partial charge in [-0.05, 0) is 44.7 Å². The van der Waals surface area contributed by atoms with Crippen molar-refractivity contribution in [1.82, 2.24) is 4.98 Å². The van der Waals surface area contributed by atoms with Crippen molar-refractivity contribution < 1.29 is 24.5 Å². The lowest BCUT2D eigenvalue weighted by Crippen LogP contribution is -2.50. The molecule has 4 rings (SSSR count). The minimum atomic E-state index is -1.19. The van der Waals surface area contributed by atoms with Crippen LogP contribution in [0.1, 0.15) is 45.1 Å². The number of carbonyl (C=O) groups excluding carboxylic acids is 2. The van der Waals surface area contributed by atoms with Gasteiger partial charge in [0.2, 0.25) is 5.91 Å². The van der Waals surface area contributed by atoms with E-state index in [1.807, 2.05) is 48.5 Å². The molecule has 3 aromatic rings. The number of β-amino-alcohol motifs (C(OH)–C–C–N with tert-alkyl or cyclic N) is 1. The topological polar surface area (TPSA) is 100.0 Å². The van der Waals surface area contributed by atoms with Crippen LogP contribution in [0.3, 0.4) is 0 Å². The van der Waals surface area contributed by atoms with Gasteiger partial charge in [0, 0.05) is 16.0 Å². The fourth-order valence-electron chi connectivity index (χ4n) is 4.57. The molecule has 37 heavy (non-hydrogen) atoms. The van der Waals surface area contributed by atoms with E-state index in [0.29, 0.717) is 15.8 Å². The largest absolute Gasteiger partial charge is 0.460 e. The Morgan fingerprint density at radius 1 is 1.11 bits per heavy atom. The fourth-order valence-corrected chi connectivity index (χ4v) is 5.64. The van der Waals surface area contributed by atoms with Gasteiger partial charge in [-0.25, -0.2) is 4.98 Å². The molecular formula is C28H31ClN2O5S. The molecule has 0 saturated carbocycles. The van der Waals surface area contributed by atoms with Gasteiger partial charge in [-0.3, -0.25) is 14.5 Å². The van der Waals surface area contributed by atoms with Crippen LogP contribution in [0, 0.1) is 5.92 Å². The molecule has 2 N–H and O–H groups in total. The molecule has 1 aliphatic rings. The number of halogens is 1. The van der Waals surface area contributed by atoms with Crippen molar-refractivity contribution in [2.24, 2.45) is 5.92 Å². The van der Waals surface area contributed by atoms with Crippen molar-refractivity contribution >= 4 is 39.9 Å². The van der Waals surface area contributed by atoms with Crippen LogP contribution in [-0.2, 0) is 14.3 Å². The summed E-state index contributed by atoms with van der Waals surface area (Å²) in [4.78, 5) is 33.1. The van der Waals surface area contributed by atoms with Crippen molar-refractivity contribution in [3.05, 3.63) is 70.6 Å². The number of carbonyl (C=O) groups is 2. The first-order valence-electron chi connectivity index (χ1n) is 12.2. The number of hydrogen-bond donors (Lipinski definition) is 2. The third kappa shape index (κ3) is 6.57. The van der Waals surface area contributed by atoms with Crippen LogP contribution in [0.25, 0.3) is 11.3 Å². The highest BCUT2D eigenvalue weighted by Gasteiger charge is 2.42. The third-order valence-corrected chi connectivity index (χ3v) is 7.48. The molecule has 2 aromatic carbocycles. The highest BCUT2D eigenvalue weighted by Crippen LogP contribution is 2.39.